The van der Waals surface area contributed by atoms with Crippen LogP contribution in [0.3, 0.4) is 0 Å². The van der Waals surface area contributed by atoms with Gasteiger partial charge in [0.05, 0.1) is 23.9 Å². The number of carbonyl (C=O) groups excluding carboxylic acids is 1. The summed E-state index contributed by atoms with van der Waals surface area (Å²) in [6, 6.07) is 15.8. The van der Waals surface area contributed by atoms with Gasteiger partial charge in [0.15, 0.2) is 5.16 Å². The monoisotopic (exact) mass is 383 g/mol. The molecular weight excluding hydrogens is 358 g/mol. The third kappa shape index (κ3) is 5.04. The summed E-state index contributed by atoms with van der Waals surface area (Å²) in [6.07, 6.45) is 0. The Bertz CT molecular complexity index is 921. The van der Waals surface area contributed by atoms with Crippen molar-refractivity contribution in [3.63, 3.8) is 0 Å². The number of methoxy groups -OCH3 is 1. The number of imidazole rings is 1. The van der Waals surface area contributed by atoms with Crippen molar-refractivity contribution in [1.29, 1.82) is 0 Å². The van der Waals surface area contributed by atoms with Gasteiger partial charge in [-0.15, -0.1) is 0 Å². The maximum absolute atomic E-state index is 12.3. The van der Waals surface area contributed by atoms with Crippen molar-refractivity contribution in [2.24, 2.45) is 5.92 Å². The molecule has 3 rings (SSSR count). The van der Waals surface area contributed by atoms with E-state index in [-0.39, 0.29) is 5.91 Å². The van der Waals surface area contributed by atoms with Gasteiger partial charge >= 0.3 is 0 Å². The van der Waals surface area contributed by atoms with Crippen molar-refractivity contribution < 1.29 is 9.53 Å². The molecule has 27 heavy (non-hydrogen) atoms. The highest BCUT2D eigenvalue weighted by molar-refractivity contribution is 7.99. The Kier molecular flexibility index (Phi) is 6.40. The van der Waals surface area contributed by atoms with Gasteiger partial charge in [0.1, 0.15) is 5.75 Å². The van der Waals surface area contributed by atoms with E-state index in [4.69, 9.17) is 9.72 Å². The Morgan fingerprint density at radius 3 is 2.81 bits per heavy atom. The first-order valence-corrected chi connectivity index (χ1v) is 10.0. The van der Waals surface area contributed by atoms with E-state index in [1.165, 1.54) is 11.8 Å². The molecule has 3 aromatic rings. The van der Waals surface area contributed by atoms with Crippen LogP contribution >= 0.6 is 11.8 Å². The number of carbonyl (C=O) groups is 1. The molecule has 6 heteroatoms. The molecule has 0 atom stereocenters. The number of para-hydroxylation sites is 2. The van der Waals surface area contributed by atoms with E-state index in [0.29, 0.717) is 18.2 Å². The summed E-state index contributed by atoms with van der Waals surface area (Å²) in [6.45, 7) is 5.74. The average molecular weight is 384 g/mol. The lowest BCUT2D eigenvalue weighted by Gasteiger charge is -2.11. The topological polar surface area (TPSA) is 56.1 Å². The summed E-state index contributed by atoms with van der Waals surface area (Å²) < 4.78 is 7.42. The molecule has 1 aromatic heterocycles. The summed E-state index contributed by atoms with van der Waals surface area (Å²) in [5, 5.41) is 3.85. The molecule has 0 unspecified atom stereocenters. The van der Waals surface area contributed by atoms with Crippen molar-refractivity contribution in [3.05, 3.63) is 54.1 Å². The van der Waals surface area contributed by atoms with Crippen LogP contribution in [0, 0.1) is 5.92 Å². The number of rotatable bonds is 8. The molecule has 0 aliphatic carbocycles. The summed E-state index contributed by atoms with van der Waals surface area (Å²) >= 11 is 1.48. The minimum absolute atomic E-state index is 0.00836. The highest BCUT2D eigenvalue weighted by Crippen LogP contribution is 2.25. The number of fused-ring (bicyclic) bond motifs is 1. The fourth-order valence-corrected chi connectivity index (χ4v) is 3.72. The third-order valence-electron chi connectivity index (χ3n) is 4.12. The van der Waals surface area contributed by atoms with Crippen molar-refractivity contribution in [2.75, 3.05) is 12.9 Å². The van der Waals surface area contributed by atoms with Crippen LogP contribution in [0.1, 0.15) is 19.4 Å². The lowest BCUT2D eigenvalue weighted by Crippen LogP contribution is -2.24. The first kappa shape index (κ1) is 19.3. The number of nitrogens with one attached hydrogen (secondary N) is 1. The van der Waals surface area contributed by atoms with Gasteiger partial charge in [-0.3, -0.25) is 4.79 Å². The third-order valence-corrected chi connectivity index (χ3v) is 5.10. The zero-order chi connectivity index (χ0) is 19.2. The molecule has 1 amide bonds. The number of amides is 1. The van der Waals surface area contributed by atoms with Gasteiger partial charge < -0.3 is 14.6 Å². The Hall–Kier alpha value is -2.47. The number of benzene rings is 2. The molecule has 0 radical (unpaired) electrons. The van der Waals surface area contributed by atoms with Gasteiger partial charge in [0.2, 0.25) is 5.91 Å². The molecule has 1 heterocycles. The first-order valence-electron chi connectivity index (χ1n) is 9.04. The zero-order valence-corrected chi connectivity index (χ0v) is 16.8. The van der Waals surface area contributed by atoms with E-state index in [1.807, 2.05) is 42.5 Å². The second-order valence-electron chi connectivity index (χ2n) is 6.80. The van der Waals surface area contributed by atoms with Gasteiger partial charge in [-0.1, -0.05) is 49.9 Å². The van der Waals surface area contributed by atoms with Crippen LogP contribution in [-0.4, -0.2) is 28.3 Å². The number of ether oxygens (including phenoxy) is 1. The molecule has 5 nitrogen and oxygen atoms in total. The number of nitrogens with zero attached hydrogens (tertiary/aromatic N) is 2. The molecule has 0 aliphatic heterocycles. The second-order valence-corrected chi connectivity index (χ2v) is 7.75. The summed E-state index contributed by atoms with van der Waals surface area (Å²) in [5.41, 5.74) is 3.10. The minimum atomic E-state index is -0.00836. The molecule has 0 aliphatic rings. The Morgan fingerprint density at radius 2 is 2.04 bits per heavy atom. The highest BCUT2D eigenvalue weighted by atomic mass is 32.2. The minimum Gasteiger partial charge on any atom is -0.497 e. The molecule has 0 fully saturated rings. The van der Waals surface area contributed by atoms with E-state index >= 15 is 0 Å². The van der Waals surface area contributed by atoms with Crippen LogP contribution in [0.5, 0.6) is 5.75 Å². The van der Waals surface area contributed by atoms with Gasteiger partial charge in [0.25, 0.3) is 0 Å². The Labute approximate surface area is 164 Å². The average Bonchev–Trinajstić information content (AvgIpc) is 3.02. The fraction of sp³-hybridized carbons (Fsp3) is 0.333. The first-order chi connectivity index (χ1) is 13.1. The largest absolute Gasteiger partial charge is 0.497 e. The molecule has 0 spiro atoms. The maximum Gasteiger partial charge on any atom is 0.230 e. The van der Waals surface area contributed by atoms with Crippen LogP contribution in [0.15, 0.2) is 53.7 Å². The summed E-state index contributed by atoms with van der Waals surface area (Å²) in [7, 11) is 1.64. The van der Waals surface area contributed by atoms with Gasteiger partial charge in [-0.25, -0.2) is 4.98 Å². The summed E-state index contributed by atoms with van der Waals surface area (Å²) in [4.78, 5) is 17.0. The van der Waals surface area contributed by atoms with Gasteiger partial charge in [-0.2, -0.15) is 0 Å². The van der Waals surface area contributed by atoms with Crippen molar-refractivity contribution >= 4 is 28.7 Å². The smallest absolute Gasteiger partial charge is 0.230 e. The molecule has 0 bridgehead atoms. The van der Waals surface area contributed by atoms with Crippen molar-refractivity contribution in [3.8, 4) is 5.75 Å². The normalized spacial score (nSPS) is 11.1. The second kappa shape index (κ2) is 8.95. The molecule has 0 saturated carbocycles. The number of thioether (sulfide) groups is 1. The Balaban J connectivity index is 1.62. The van der Waals surface area contributed by atoms with Crippen LogP contribution in [0.2, 0.25) is 0 Å². The quantitative estimate of drug-likeness (QED) is 0.595. The van der Waals surface area contributed by atoms with E-state index in [2.05, 4.69) is 29.8 Å². The zero-order valence-electron chi connectivity index (χ0n) is 15.9. The van der Waals surface area contributed by atoms with E-state index in [1.54, 1.807) is 7.11 Å². The van der Waals surface area contributed by atoms with E-state index in [9.17, 15) is 4.79 Å². The molecule has 142 valence electrons. The van der Waals surface area contributed by atoms with Gasteiger partial charge in [-0.05, 0) is 35.7 Å². The van der Waals surface area contributed by atoms with Crippen LogP contribution < -0.4 is 10.1 Å². The predicted octanol–water partition coefficient (Wildman–Crippen LogP) is 4.11. The summed E-state index contributed by atoms with van der Waals surface area (Å²) in [5.74, 6) is 1.62. The highest BCUT2D eigenvalue weighted by Gasteiger charge is 2.13. The maximum atomic E-state index is 12.3. The molecule has 2 aromatic carbocycles. The van der Waals surface area contributed by atoms with Gasteiger partial charge in [0, 0.05) is 13.1 Å². The number of hydrogen-bond donors (Lipinski definition) is 1. The van der Waals surface area contributed by atoms with Crippen molar-refractivity contribution in [2.45, 2.75) is 32.1 Å². The standard InChI is InChI=1S/C21H25N3O2S/c1-15(2)13-24-19-10-5-4-9-18(19)23-21(24)27-14-20(25)22-12-16-7-6-8-17(11-16)26-3/h4-11,15H,12-14H2,1-3H3,(H,22,25). The van der Waals surface area contributed by atoms with Crippen LogP contribution in [-0.2, 0) is 17.9 Å². The SMILES string of the molecule is COc1cccc(CNC(=O)CSc2nc3ccccc3n2CC(C)C)c1. The van der Waals surface area contributed by atoms with Crippen LogP contribution in [0.25, 0.3) is 11.0 Å². The number of hydrogen-bond acceptors (Lipinski definition) is 4. The lowest BCUT2D eigenvalue weighted by atomic mass is 10.2. The molecule has 0 saturated heterocycles. The van der Waals surface area contributed by atoms with Crippen LogP contribution in [0.4, 0.5) is 0 Å². The molecular formula is C21H25N3O2S. The van der Waals surface area contributed by atoms with E-state index in [0.717, 1.165) is 34.0 Å². The lowest BCUT2D eigenvalue weighted by molar-refractivity contribution is -0.118. The Morgan fingerprint density at radius 1 is 1.22 bits per heavy atom. The fourth-order valence-electron chi connectivity index (χ4n) is 2.87. The van der Waals surface area contributed by atoms with Crippen molar-refractivity contribution in [1.82, 2.24) is 14.9 Å². The predicted molar refractivity (Wildman–Crippen MR) is 110 cm³/mol. The molecule has 1 N–H and O–H groups in total. The number of aromatic nitrogens is 2. The van der Waals surface area contributed by atoms with E-state index < -0.39 is 0 Å².